The van der Waals surface area contributed by atoms with Crippen LogP contribution in [0.15, 0.2) is 54.9 Å². The third kappa shape index (κ3) is 3.75. The quantitative estimate of drug-likeness (QED) is 0.717. The van der Waals surface area contributed by atoms with Crippen LogP contribution in [-0.4, -0.2) is 38.5 Å². The second-order valence-electron chi connectivity index (χ2n) is 8.15. The van der Waals surface area contributed by atoms with E-state index in [0.717, 1.165) is 56.0 Å². The Morgan fingerprint density at radius 1 is 1.07 bits per heavy atom. The number of anilines is 1. The Morgan fingerprint density at radius 2 is 1.97 bits per heavy atom. The lowest BCUT2D eigenvalue weighted by molar-refractivity contribution is 0.255. The molecule has 0 radical (unpaired) electrons. The van der Waals surface area contributed by atoms with Crippen LogP contribution in [0.1, 0.15) is 36.6 Å². The molecule has 2 aromatic heterocycles. The van der Waals surface area contributed by atoms with Crippen LogP contribution >= 0.6 is 0 Å². The minimum atomic E-state index is 0.403. The number of rotatable bonds is 5. The summed E-state index contributed by atoms with van der Waals surface area (Å²) in [5.41, 5.74) is 4.87. The van der Waals surface area contributed by atoms with Gasteiger partial charge in [-0.3, -0.25) is 9.88 Å². The lowest BCUT2D eigenvalue weighted by Crippen LogP contribution is -2.36. The van der Waals surface area contributed by atoms with E-state index in [1.54, 1.807) is 6.20 Å². The second kappa shape index (κ2) is 7.91. The molecule has 0 saturated carbocycles. The van der Waals surface area contributed by atoms with Crippen LogP contribution in [-0.2, 0) is 19.4 Å². The zero-order valence-corrected chi connectivity index (χ0v) is 16.9. The zero-order valence-electron chi connectivity index (χ0n) is 16.9. The number of pyridine rings is 1. The molecule has 1 saturated heterocycles. The summed E-state index contributed by atoms with van der Waals surface area (Å²) in [5.74, 6) is 1.82. The summed E-state index contributed by atoms with van der Waals surface area (Å²) in [6, 6.07) is 15.6. The van der Waals surface area contributed by atoms with E-state index in [1.807, 2.05) is 18.3 Å². The normalized spacial score (nSPS) is 21.3. The fourth-order valence-electron chi connectivity index (χ4n) is 4.59. The fraction of sp³-hybridized carbons (Fsp3) is 0.375. The number of hydrogen-bond acceptors (Lipinski definition) is 5. The maximum atomic E-state index is 4.94. The number of fused-ring (bicyclic) bond motifs is 1. The Kier molecular flexibility index (Phi) is 4.98. The van der Waals surface area contributed by atoms with Crippen molar-refractivity contribution >= 4 is 5.82 Å². The highest BCUT2D eigenvalue weighted by Crippen LogP contribution is 2.31. The van der Waals surface area contributed by atoms with Crippen LogP contribution in [0.2, 0.25) is 0 Å². The first-order valence-electron chi connectivity index (χ1n) is 10.6. The van der Waals surface area contributed by atoms with Gasteiger partial charge < -0.3 is 5.32 Å². The van der Waals surface area contributed by atoms with E-state index >= 15 is 0 Å². The second-order valence-corrected chi connectivity index (χ2v) is 8.15. The SMILES string of the molecule is CC1C(Nc2nc(-c3cccnc3)nc3c2CCC3)CCN1Cc1ccccc1. The van der Waals surface area contributed by atoms with E-state index in [2.05, 4.69) is 52.5 Å². The first-order chi connectivity index (χ1) is 14.3. The molecular formula is C24H27N5. The standard InChI is InChI=1S/C24H27N5/c1-17-21(12-14-29(17)16-18-7-3-2-4-8-18)26-24-20-10-5-11-22(20)27-23(28-24)19-9-6-13-25-15-19/h2-4,6-9,13,15,17,21H,5,10-12,14,16H2,1H3,(H,26,27,28). The minimum absolute atomic E-state index is 0.403. The Bertz CT molecular complexity index is 973. The van der Waals surface area contributed by atoms with E-state index in [4.69, 9.17) is 9.97 Å². The molecule has 0 amide bonds. The van der Waals surface area contributed by atoms with Gasteiger partial charge in [-0.25, -0.2) is 9.97 Å². The molecule has 3 heterocycles. The van der Waals surface area contributed by atoms with E-state index < -0.39 is 0 Å². The van der Waals surface area contributed by atoms with Gasteiger partial charge in [-0.2, -0.15) is 0 Å². The van der Waals surface area contributed by atoms with E-state index in [0.29, 0.717) is 12.1 Å². The first-order valence-corrected chi connectivity index (χ1v) is 10.6. The zero-order chi connectivity index (χ0) is 19.6. The van der Waals surface area contributed by atoms with Crippen LogP contribution in [0.3, 0.4) is 0 Å². The van der Waals surface area contributed by atoms with E-state index in [9.17, 15) is 0 Å². The van der Waals surface area contributed by atoms with Crippen molar-refractivity contribution in [1.82, 2.24) is 19.9 Å². The Hall–Kier alpha value is -2.79. The lowest BCUT2D eigenvalue weighted by Gasteiger charge is -2.26. The van der Waals surface area contributed by atoms with Crippen molar-refractivity contribution in [2.75, 3.05) is 11.9 Å². The van der Waals surface area contributed by atoms with Gasteiger partial charge in [0.05, 0.1) is 0 Å². The van der Waals surface area contributed by atoms with Crippen molar-refractivity contribution in [2.45, 2.75) is 51.2 Å². The van der Waals surface area contributed by atoms with E-state index in [1.165, 1.54) is 16.8 Å². The molecule has 3 aromatic rings. The predicted octanol–water partition coefficient (Wildman–Crippen LogP) is 4.10. The van der Waals surface area contributed by atoms with Crippen molar-refractivity contribution in [1.29, 1.82) is 0 Å². The summed E-state index contributed by atoms with van der Waals surface area (Å²) in [5, 5.41) is 3.80. The van der Waals surface area contributed by atoms with Crippen molar-refractivity contribution in [2.24, 2.45) is 0 Å². The van der Waals surface area contributed by atoms with Gasteiger partial charge in [0.25, 0.3) is 0 Å². The Morgan fingerprint density at radius 3 is 2.79 bits per heavy atom. The van der Waals surface area contributed by atoms with Crippen LogP contribution in [0.5, 0.6) is 0 Å². The molecule has 5 heteroatoms. The molecule has 29 heavy (non-hydrogen) atoms. The molecule has 2 aliphatic rings. The third-order valence-corrected chi connectivity index (χ3v) is 6.29. The number of hydrogen-bond donors (Lipinski definition) is 1. The third-order valence-electron chi connectivity index (χ3n) is 6.29. The smallest absolute Gasteiger partial charge is 0.163 e. The van der Waals surface area contributed by atoms with Gasteiger partial charge in [-0.05, 0) is 50.3 Å². The van der Waals surface area contributed by atoms with Crippen LogP contribution in [0, 0.1) is 0 Å². The number of likely N-dealkylation sites (tertiary alicyclic amines) is 1. The average Bonchev–Trinajstić information content (AvgIpc) is 3.37. The summed E-state index contributed by atoms with van der Waals surface area (Å²) in [4.78, 5) is 16.6. The summed E-state index contributed by atoms with van der Waals surface area (Å²) in [6.07, 6.45) is 8.04. The molecule has 0 spiro atoms. The molecule has 1 aliphatic carbocycles. The van der Waals surface area contributed by atoms with Gasteiger partial charge in [0.15, 0.2) is 5.82 Å². The summed E-state index contributed by atoms with van der Waals surface area (Å²) in [7, 11) is 0. The maximum absolute atomic E-state index is 4.94. The monoisotopic (exact) mass is 385 g/mol. The summed E-state index contributed by atoms with van der Waals surface area (Å²) in [6.45, 7) is 4.44. The largest absolute Gasteiger partial charge is 0.365 e. The highest BCUT2D eigenvalue weighted by Gasteiger charge is 2.32. The minimum Gasteiger partial charge on any atom is -0.365 e. The van der Waals surface area contributed by atoms with Crippen molar-refractivity contribution in [3.63, 3.8) is 0 Å². The van der Waals surface area contributed by atoms with Gasteiger partial charge in [-0.1, -0.05) is 30.3 Å². The van der Waals surface area contributed by atoms with Crippen molar-refractivity contribution < 1.29 is 0 Å². The molecule has 1 N–H and O–H groups in total. The van der Waals surface area contributed by atoms with Gasteiger partial charge in [0, 0.05) is 54.4 Å². The Labute approximate surface area is 172 Å². The predicted molar refractivity (Wildman–Crippen MR) is 116 cm³/mol. The van der Waals surface area contributed by atoms with Gasteiger partial charge >= 0.3 is 0 Å². The maximum Gasteiger partial charge on any atom is 0.163 e. The van der Waals surface area contributed by atoms with Crippen LogP contribution < -0.4 is 5.32 Å². The number of aromatic nitrogens is 3. The molecular weight excluding hydrogens is 358 g/mol. The molecule has 148 valence electrons. The molecule has 1 aliphatic heterocycles. The molecule has 1 aromatic carbocycles. The van der Waals surface area contributed by atoms with Crippen LogP contribution in [0.25, 0.3) is 11.4 Å². The molecule has 5 rings (SSSR count). The van der Waals surface area contributed by atoms with Crippen molar-refractivity contribution in [3.8, 4) is 11.4 Å². The average molecular weight is 386 g/mol. The molecule has 0 bridgehead atoms. The molecule has 1 fully saturated rings. The number of aryl methyl sites for hydroxylation is 1. The molecule has 5 nitrogen and oxygen atoms in total. The lowest BCUT2D eigenvalue weighted by atomic mass is 10.1. The Balaban J connectivity index is 1.37. The number of nitrogens with zero attached hydrogens (tertiary/aromatic N) is 4. The van der Waals surface area contributed by atoms with Gasteiger partial charge in [0.2, 0.25) is 0 Å². The van der Waals surface area contributed by atoms with E-state index in [-0.39, 0.29) is 0 Å². The number of nitrogens with one attached hydrogen (secondary N) is 1. The van der Waals surface area contributed by atoms with Gasteiger partial charge in [-0.15, -0.1) is 0 Å². The number of benzene rings is 1. The molecule has 2 unspecified atom stereocenters. The highest BCUT2D eigenvalue weighted by molar-refractivity contribution is 5.60. The van der Waals surface area contributed by atoms with Crippen LogP contribution in [0.4, 0.5) is 5.82 Å². The van der Waals surface area contributed by atoms with Gasteiger partial charge in [0.1, 0.15) is 5.82 Å². The summed E-state index contributed by atoms with van der Waals surface area (Å²) < 4.78 is 0. The molecule has 2 atom stereocenters. The highest BCUT2D eigenvalue weighted by atomic mass is 15.2. The fourth-order valence-corrected chi connectivity index (χ4v) is 4.59. The first kappa shape index (κ1) is 18.3. The summed E-state index contributed by atoms with van der Waals surface area (Å²) >= 11 is 0. The topological polar surface area (TPSA) is 53.9 Å². The van der Waals surface area contributed by atoms with Crippen molar-refractivity contribution in [3.05, 3.63) is 71.7 Å².